The number of nitrogen functional groups attached to an aromatic ring is 1. The van der Waals surface area contributed by atoms with Crippen molar-refractivity contribution in [3.8, 4) is 11.6 Å². The third-order valence-corrected chi connectivity index (χ3v) is 2.65. The second-order valence-electron chi connectivity index (χ2n) is 3.97. The number of aryl methyl sites for hydroxylation is 1. The van der Waals surface area contributed by atoms with Crippen LogP contribution in [0.3, 0.4) is 0 Å². The fraction of sp³-hybridized carbons (Fsp3) is 0.231. The van der Waals surface area contributed by atoms with Gasteiger partial charge in [-0.05, 0) is 24.6 Å². The lowest BCUT2D eigenvalue weighted by Gasteiger charge is -2.08. The topological polar surface area (TPSA) is 61.0 Å². The quantitative estimate of drug-likeness (QED) is 0.930. The summed E-state index contributed by atoms with van der Waals surface area (Å²) in [5.41, 5.74) is 5.68. The number of ether oxygens (including phenoxy) is 1. The van der Waals surface area contributed by atoms with Crippen LogP contribution in [0.4, 0.5) is 10.2 Å². The predicted octanol–water partition coefficient (Wildman–Crippen LogP) is 3.60. The number of aromatic nitrogens is 2. The van der Waals surface area contributed by atoms with Gasteiger partial charge in [-0.2, -0.15) is 4.98 Å². The highest BCUT2D eigenvalue weighted by atomic mass is 35.5. The average Bonchev–Trinajstić information content (AvgIpc) is 2.32. The monoisotopic (exact) mass is 281 g/mol. The van der Waals surface area contributed by atoms with Crippen molar-refractivity contribution in [2.75, 3.05) is 5.73 Å². The number of hydrogen-bond acceptors (Lipinski definition) is 4. The smallest absolute Gasteiger partial charge is 0.224 e. The van der Waals surface area contributed by atoms with E-state index in [2.05, 4.69) is 9.97 Å². The Labute approximate surface area is 115 Å². The van der Waals surface area contributed by atoms with E-state index in [1.807, 2.05) is 6.92 Å². The molecule has 0 bridgehead atoms. The molecule has 0 amide bonds. The number of nitrogens with zero attached hydrogens (tertiary/aromatic N) is 2. The van der Waals surface area contributed by atoms with Crippen molar-refractivity contribution in [1.82, 2.24) is 9.97 Å². The van der Waals surface area contributed by atoms with Gasteiger partial charge < -0.3 is 10.5 Å². The first kappa shape index (κ1) is 13.5. The Morgan fingerprint density at radius 2 is 2.11 bits per heavy atom. The molecule has 0 fully saturated rings. The summed E-state index contributed by atoms with van der Waals surface area (Å²) in [6.45, 7) is 2.02. The fourth-order valence-electron chi connectivity index (χ4n) is 1.55. The third kappa shape index (κ3) is 3.54. The number of benzene rings is 1. The summed E-state index contributed by atoms with van der Waals surface area (Å²) in [6.07, 6.45) is 1.61. The molecule has 0 spiro atoms. The molecule has 0 atom stereocenters. The summed E-state index contributed by atoms with van der Waals surface area (Å²) in [7, 11) is 0. The molecule has 0 aliphatic carbocycles. The summed E-state index contributed by atoms with van der Waals surface area (Å²) < 4.78 is 18.4. The standard InChI is InChI=1S/C13H13ClFN3O/c1-2-3-12-17-11(16)7-13(18-12)19-10-5-4-8(15)6-9(10)14/h4-7H,2-3H2,1H3,(H2,16,17,18). The van der Waals surface area contributed by atoms with E-state index in [1.54, 1.807) is 0 Å². The van der Waals surface area contributed by atoms with Gasteiger partial charge in [-0.15, -0.1) is 0 Å². The van der Waals surface area contributed by atoms with Gasteiger partial charge in [-0.3, -0.25) is 0 Å². The van der Waals surface area contributed by atoms with Gasteiger partial charge in [0.1, 0.15) is 23.2 Å². The zero-order valence-electron chi connectivity index (χ0n) is 10.4. The molecule has 2 rings (SSSR count). The molecule has 2 N–H and O–H groups in total. The molecule has 19 heavy (non-hydrogen) atoms. The SMILES string of the molecule is CCCc1nc(N)cc(Oc2ccc(F)cc2Cl)n1. The first-order valence-corrected chi connectivity index (χ1v) is 6.22. The van der Waals surface area contributed by atoms with Crippen LogP contribution in [0, 0.1) is 5.82 Å². The predicted molar refractivity (Wildman–Crippen MR) is 71.9 cm³/mol. The lowest BCUT2D eigenvalue weighted by atomic mass is 10.3. The normalized spacial score (nSPS) is 10.5. The van der Waals surface area contributed by atoms with Crippen molar-refractivity contribution >= 4 is 17.4 Å². The average molecular weight is 282 g/mol. The summed E-state index contributed by atoms with van der Waals surface area (Å²) in [5.74, 6) is 1.13. The molecule has 0 radical (unpaired) electrons. The van der Waals surface area contributed by atoms with Gasteiger partial charge in [0.25, 0.3) is 0 Å². The molecule has 2 aromatic rings. The maximum atomic E-state index is 12.9. The summed E-state index contributed by atoms with van der Waals surface area (Å²) >= 11 is 5.88. The third-order valence-electron chi connectivity index (χ3n) is 2.35. The van der Waals surface area contributed by atoms with Gasteiger partial charge in [0.05, 0.1) is 5.02 Å². The number of rotatable bonds is 4. The lowest BCUT2D eigenvalue weighted by Crippen LogP contribution is -2.01. The zero-order chi connectivity index (χ0) is 13.8. The molecule has 6 heteroatoms. The van der Waals surface area contributed by atoms with E-state index in [0.29, 0.717) is 29.7 Å². The van der Waals surface area contributed by atoms with E-state index in [4.69, 9.17) is 22.1 Å². The van der Waals surface area contributed by atoms with Crippen LogP contribution < -0.4 is 10.5 Å². The first-order chi connectivity index (χ1) is 9.08. The summed E-state index contributed by atoms with van der Waals surface area (Å²) in [6, 6.07) is 5.38. The fourth-order valence-corrected chi connectivity index (χ4v) is 1.76. The first-order valence-electron chi connectivity index (χ1n) is 5.85. The van der Waals surface area contributed by atoms with Crippen molar-refractivity contribution < 1.29 is 9.13 Å². The Balaban J connectivity index is 2.27. The van der Waals surface area contributed by atoms with Crippen molar-refractivity contribution in [1.29, 1.82) is 0 Å². The number of halogens is 2. The second kappa shape index (κ2) is 5.84. The van der Waals surface area contributed by atoms with Gasteiger partial charge in [-0.1, -0.05) is 18.5 Å². The van der Waals surface area contributed by atoms with Crippen LogP contribution in [0.5, 0.6) is 11.6 Å². The van der Waals surface area contributed by atoms with E-state index in [1.165, 1.54) is 24.3 Å². The van der Waals surface area contributed by atoms with E-state index in [9.17, 15) is 4.39 Å². The molecule has 0 saturated heterocycles. The minimum atomic E-state index is -0.425. The maximum absolute atomic E-state index is 12.9. The Morgan fingerprint density at radius 1 is 1.32 bits per heavy atom. The van der Waals surface area contributed by atoms with E-state index >= 15 is 0 Å². The van der Waals surface area contributed by atoms with Crippen LogP contribution >= 0.6 is 11.6 Å². The Bertz CT molecular complexity index is 592. The largest absolute Gasteiger partial charge is 0.437 e. The minimum absolute atomic E-state index is 0.175. The molecule has 1 heterocycles. The van der Waals surface area contributed by atoms with Gasteiger partial charge in [0.2, 0.25) is 5.88 Å². The number of hydrogen-bond donors (Lipinski definition) is 1. The molecule has 1 aromatic heterocycles. The molecule has 4 nitrogen and oxygen atoms in total. The van der Waals surface area contributed by atoms with Crippen molar-refractivity contribution in [3.63, 3.8) is 0 Å². The summed E-state index contributed by atoms with van der Waals surface area (Å²) in [5, 5.41) is 0.175. The molecule has 1 aromatic carbocycles. The highest BCUT2D eigenvalue weighted by Gasteiger charge is 2.08. The highest BCUT2D eigenvalue weighted by Crippen LogP contribution is 2.29. The van der Waals surface area contributed by atoms with Crippen molar-refractivity contribution in [2.24, 2.45) is 0 Å². The Kier molecular flexibility index (Phi) is 4.16. The number of anilines is 1. The zero-order valence-corrected chi connectivity index (χ0v) is 11.1. The van der Waals surface area contributed by atoms with Crippen molar-refractivity contribution in [3.05, 3.63) is 40.9 Å². The van der Waals surface area contributed by atoms with Gasteiger partial charge in [0.15, 0.2) is 0 Å². The number of nitrogens with two attached hydrogens (primary N) is 1. The highest BCUT2D eigenvalue weighted by molar-refractivity contribution is 6.32. The second-order valence-corrected chi connectivity index (χ2v) is 4.38. The van der Waals surface area contributed by atoms with E-state index in [-0.39, 0.29) is 5.02 Å². The lowest BCUT2D eigenvalue weighted by molar-refractivity contribution is 0.457. The molecular formula is C13H13ClFN3O. The molecule has 0 saturated carbocycles. The van der Waals surface area contributed by atoms with Crippen LogP contribution in [0.15, 0.2) is 24.3 Å². The molecule has 0 unspecified atom stereocenters. The molecular weight excluding hydrogens is 269 g/mol. The van der Waals surface area contributed by atoms with Crippen LogP contribution in [-0.4, -0.2) is 9.97 Å². The van der Waals surface area contributed by atoms with Crippen LogP contribution in [0.2, 0.25) is 5.02 Å². The van der Waals surface area contributed by atoms with Crippen molar-refractivity contribution in [2.45, 2.75) is 19.8 Å². The summed E-state index contributed by atoms with van der Waals surface area (Å²) in [4.78, 5) is 8.31. The minimum Gasteiger partial charge on any atom is -0.437 e. The Morgan fingerprint density at radius 3 is 2.79 bits per heavy atom. The van der Waals surface area contributed by atoms with Gasteiger partial charge in [-0.25, -0.2) is 9.37 Å². The van der Waals surface area contributed by atoms with Gasteiger partial charge >= 0.3 is 0 Å². The Hall–Kier alpha value is -1.88. The molecule has 100 valence electrons. The molecule has 0 aliphatic rings. The van der Waals surface area contributed by atoms with Crippen LogP contribution in [-0.2, 0) is 6.42 Å². The molecule has 0 aliphatic heterocycles. The maximum Gasteiger partial charge on any atom is 0.224 e. The van der Waals surface area contributed by atoms with Crippen LogP contribution in [0.25, 0.3) is 0 Å². The van der Waals surface area contributed by atoms with Gasteiger partial charge in [0, 0.05) is 12.5 Å². The van der Waals surface area contributed by atoms with E-state index < -0.39 is 5.82 Å². The van der Waals surface area contributed by atoms with E-state index in [0.717, 1.165) is 6.42 Å². The van der Waals surface area contributed by atoms with Crippen LogP contribution in [0.1, 0.15) is 19.2 Å².